The number of hydrogen-bond acceptors (Lipinski definition) is 4. The third-order valence-corrected chi connectivity index (χ3v) is 4.74. The Labute approximate surface area is 159 Å². The van der Waals surface area contributed by atoms with E-state index >= 15 is 0 Å². The van der Waals surface area contributed by atoms with Gasteiger partial charge in [-0.15, -0.1) is 0 Å². The summed E-state index contributed by atoms with van der Waals surface area (Å²) >= 11 is 0. The Balaban J connectivity index is 1.51. The maximum atomic E-state index is 12.4. The zero-order chi connectivity index (χ0) is 19.2. The highest BCUT2D eigenvalue weighted by Gasteiger charge is 2.34. The maximum absolute atomic E-state index is 12.4. The molecule has 1 aliphatic heterocycles. The van der Waals surface area contributed by atoms with Gasteiger partial charge in [0.1, 0.15) is 11.5 Å². The second-order valence-electron chi connectivity index (χ2n) is 6.59. The Kier molecular flexibility index (Phi) is 5.96. The molecular formula is C21H24N2O4. The van der Waals surface area contributed by atoms with Crippen LogP contribution in [0.5, 0.6) is 11.5 Å². The molecule has 27 heavy (non-hydrogen) atoms. The minimum absolute atomic E-state index is 0.00964. The van der Waals surface area contributed by atoms with Crippen LogP contribution in [0.15, 0.2) is 48.5 Å². The number of carbonyl (C=O) groups excluding carboxylic acids is 2. The van der Waals surface area contributed by atoms with Gasteiger partial charge in [0.15, 0.2) is 0 Å². The summed E-state index contributed by atoms with van der Waals surface area (Å²) in [5.41, 5.74) is 2.01. The number of nitrogens with one attached hydrogen (secondary N) is 1. The Morgan fingerprint density at radius 3 is 2.11 bits per heavy atom. The van der Waals surface area contributed by atoms with Crippen molar-refractivity contribution in [2.24, 2.45) is 5.92 Å². The maximum Gasteiger partial charge on any atom is 0.225 e. The molecule has 2 amide bonds. The van der Waals surface area contributed by atoms with E-state index in [9.17, 15) is 9.59 Å². The average Bonchev–Trinajstić information content (AvgIpc) is 3.07. The molecule has 3 rings (SSSR count). The van der Waals surface area contributed by atoms with Crippen molar-refractivity contribution in [1.82, 2.24) is 10.2 Å². The van der Waals surface area contributed by atoms with Gasteiger partial charge in [0.2, 0.25) is 11.8 Å². The molecule has 1 N–H and O–H groups in total. The minimum atomic E-state index is -0.311. The molecule has 0 bridgehead atoms. The predicted molar refractivity (Wildman–Crippen MR) is 101 cm³/mol. The van der Waals surface area contributed by atoms with Crippen molar-refractivity contribution in [3.63, 3.8) is 0 Å². The van der Waals surface area contributed by atoms with E-state index in [-0.39, 0.29) is 24.2 Å². The molecule has 6 nitrogen and oxygen atoms in total. The van der Waals surface area contributed by atoms with Crippen molar-refractivity contribution in [3.8, 4) is 11.5 Å². The standard InChI is InChI=1S/C21H24N2O4/c1-26-18-7-3-15(4-8-18)12-22-21(25)17-11-20(24)23(14-17)13-16-5-9-19(27-2)10-6-16/h3-10,17H,11-14H2,1-2H3,(H,22,25). The largest absolute Gasteiger partial charge is 0.497 e. The van der Waals surface area contributed by atoms with Gasteiger partial charge in [0.25, 0.3) is 0 Å². The van der Waals surface area contributed by atoms with E-state index in [4.69, 9.17) is 9.47 Å². The third kappa shape index (κ3) is 4.78. The van der Waals surface area contributed by atoms with Gasteiger partial charge in [-0.3, -0.25) is 9.59 Å². The van der Waals surface area contributed by atoms with E-state index in [1.165, 1.54) is 0 Å². The SMILES string of the molecule is COc1ccc(CNC(=O)C2CC(=O)N(Cc3ccc(OC)cc3)C2)cc1. The first-order valence-electron chi connectivity index (χ1n) is 8.90. The van der Waals surface area contributed by atoms with Gasteiger partial charge in [0.05, 0.1) is 20.1 Å². The number of hydrogen-bond donors (Lipinski definition) is 1. The zero-order valence-corrected chi connectivity index (χ0v) is 15.6. The molecule has 1 atom stereocenters. The summed E-state index contributed by atoms with van der Waals surface area (Å²) in [6.45, 7) is 1.39. The van der Waals surface area contributed by atoms with Crippen molar-refractivity contribution < 1.29 is 19.1 Å². The molecular weight excluding hydrogens is 344 g/mol. The van der Waals surface area contributed by atoms with Crippen molar-refractivity contribution in [1.29, 1.82) is 0 Å². The van der Waals surface area contributed by atoms with Crippen molar-refractivity contribution in [3.05, 3.63) is 59.7 Å². The molecule has 1 unspecified atom stereocenters. The van der Waals surface area contributed by atoms with Crippen LogP contribution in [0.4, 0.5) is 0 Å². The van der Waals surface area contributed by atoms with Crippen LogP contribution in [0, 0.1) is 5.92 Å². The number of nitrogens with zero attached hydrogens (tertiary/aromatic N) is 1. The number of amides is 2. The second-order valence-corrected chi connectivity index (χ2v) is 6.59. The number of likely N-dealkylation sites (tertiary alicyclic amines) is 1. The van der Waals surface area contributed by atoms with Crippen LogP contribution in [-0.4, -0.2) is 37.5 Å². The minimum Gasteiger partial charge on any atom is -0.497 e. The highest BCUT2D eigenvalue weighted by atomic mass is 16.5. The lowest BCUT2D eigenvalue weighted by atomic mass is 10.1. The Bertz CT molecular complexity index is 787. The average molecular weight is 368 g/mol. The normalized spacial score (nSPS) is 16.3. The van der Waals surface area contributed by atoms with Crippen molar-refractivity contribution in [2.75, 3.05) is 20.8 Å². The van der Waals surface area contributed by atoms with Crippen LogP contribution in [-0.2, 0) is 22.7 Å². The molecule has 1 heterocycles. The molecule has 2 aromatic carbocycles. The van der Waals surface area contributed by atoms with E-state index < -0.39 is 0 Å². The lowest BCUT2D eigenvalue weighted by Gasteiger charge is -2.17. The molecule has 1 saturated heterocycles. The molecule has 0 aliphatic carbocycles. The van der Waals surface area contributed by atoms with Crippen LogP contribution in [0.25, 0.3) is 0 Å². The highest BCUT2D eigenvalue weighted by Crippen LogP contribution is 2.22. The van der Waals surface area contributed by atoms with E-state index in [1.54, 1.807) is 19.1 Å². The molecule has 1 fully saturated rings. The highest BCUT2D eigenvalue weighted by molar-refractivity contribution is 5.89. The van der Waals surface area contributed by atoms with Crippen LogP contribution < -0.4 is 14.8 Å². The predicted octanol–water partition coefficient (Wildman–Crippen LogP) is 2.37. The Morgan fingerprint density at radius 1 is 1.00 bits per heavy atom. The number of carbonyl (C=O) groups is 2. The number of rotatable bonds is 7. The quantitative estimate of drug-likeness (QED) is 0.815. The van der Waals surface area contributed by atoms with Gasteiger partial charge in [-0.1, -0.05) is 24.3 Å². The summed E-state index contributed by atoms with van der Waals surface area (Å²) < 4.78 is 10.3. The topological polar surface area (TPSA) is 67.9 Å². The summed E-state index contributed by atoms with van der Waals surface area (Å²) in [5, 5.41) is 2.92. The summed E-state index contributed by atoms with van der Waals surface area (Å²) in [7, 11) is 3.24. The molecule has 1 aliphatic rings. The van der Waals surface area contributed by atoms with Crippen LogP contribution in [0.3, 0.4) is 0 Å². The van der Waals surface area contributed by atoms with Crippen molar-refractivity contribution in [2.45, 2.75) is 19.5 Å². The fourth-order valence-corrected chi connectivity index (χ4v) is 3.13. The first kappa shape index (κ1) is 18.8. The number of methoxy groups -OCH3 is 2. The van der Waals surface area contributed by atoms with Gasteiger partial charge >= 0.3 is 0 Å². The monoisotopic (exact) mass is 368 g/mol. The molecule has 0 spiro atoms. The molecule has 0 saturated carbocycles. The van der Waals surface area contributed by atoms with Gasteiger partial charge in [-0.05, 0) is 35.4 Å². The molecule has 6 heteroatoms. The first-order chi connectivity index (χ1) is 13.1. The van der Waals surface area contributed by atoms with E-state index in [1.807, 2.05) is 48.5 Å². The molecule has 0 radical (unpaired) electrons. The van der Waals surface area contributed by atoms with Gasteiger partial charge in [-0.25, -0.2) is 0 Å². The lowest BCUT2D eigenvalue weighted by molar-refractivity contribution is -0.129. The molecule has 2 aromatic rings. The van der Waals surface area contributed by atoms with Crippen LogP contribution >= 0.6 is 0 Å². The van der Waals surface area contributed by atoms with E-state index in [2.05, 4.69) is 5.32 Å². The summed E-state index contributed by atoms with van der Waals surface area (Å²) in [6, 6.07) is 15.1. The summed E-state index contributed by atoms with van der Waals surface area (Å²) in [5.74, 6) is 1.17. The lowest BCUT2D eigenvalue weighted by Crippen LogP contribution is -2.32. The van der Waals surface area contributed by atoms with Gasteiger partial charge in [0, 0.05) is 26.1 Å². The van der Waals surface area contributed by atoms with E-state index in [0.717, 1.165) is 22.6 Å². The second kappa shape index (κ2) is 8.58. The third-order valence-electron chi connectivity index (χ3n) is 4.74. The summed E-state index contributed by atoms with van der Waals surface area (Å²) in [4.78, 5) is 26.4. The summed E-state index contributed by atoms with van der Waals surface area (Å²) in [6.07, 6.45) is 0.255. The van der Waals surface area contributed by atoms with Gasteiger partial charge in [-0.2, -0.15) is 0 Å². The smallest absolute Gasteiger partial charge is 0.225 e. The molecule has 142 valence electrons. The van der Waals surface area contributed by atoms with Gasteiger partial charge < -0.3 is 19.7 Å². The Hall–Kier alpha value is -3.02. The fourth-order valence-electron chi connectivity index (χ4n) is 3.13. The van der Waals surface area contributed by atoms with Crippen LogP contribution in [0.1, 0.15) is 17.5 Å². The number of ether oxygens (including phenoxy) is 2. The molecule has 0 aromatic heterocycles. The van der Waals surface area contributed by atoms with E-state index in [0.29, 0.717) is 19.6 Å². The Morgan fingerprint density at radius 2 is 1.56 bits per heavy atom. The fraction of sp³-hybridized carbons (Fsp3) is 0.333. The van der Waals surface area contributed by atoms with Crippen LogP contribution in [0.2, 0.25) is 0 Å². The number of benzene rings is 2. The van der Waals surface area contributed by atoms with Crippen molar-refractivity contribution >= 4 is 11.8 Å². The first-order valence-corrected chi connectivity index (χ1v) is 8.90. The zero-order valence-electron chi connectivity index (χ0n) is 15.6.